The van der Waals surface area contributed by atoms with Crippen molar-refractivity contribution in [1.29, 1.82) is 0 Å². The maximum Gasteiger partial charge on any atom is 0.128 e. The van der Waals surface area contributed by atoms with Crippen LogP contribution in [0.5, 0.6) is 0 Å². The van der Waals surface area contributed by atoms with Crippen molar-refractivity contribution in [2.45, 2.75) is 13.5 Å². The Labute approximate surface area is 92.7 Å². The van der Waals surface area contributed by atoms with Crippen LogP contribution in [0.3, 0.4) is 0 Å². The van der Waals surface area contributed by atoms with Gasteiger partial charge in [-0.15, -0.1) is 0 Å². The molecule has 0 amide bonds. The topological polar surface area (TPSA) is 66.7 Å². The predicted molar refractivity (Wildman–Crippen MR) is 61.5 cm³/mol. The summed E-state index contributed by atoms with van der Waals surface area (Å²) in [6.07, 6.45) is 3.42. The van der Waals surface area contributed by atoms with E-state index in [9.17, 15) is 4.39 Å². The first kappa shape index (κ1) is 10.5. The van der Waals surface area contributed by atoms with E-state index in [1.807, 2.05) is 0 Å². The van der Waals surface area contributed by atoms with Crippen LogP contribution in [0.25, 0.3) is 0 Å². The van der Waals surface area contributed by atoms with Gasteiger partial charge in [-0.3, -0.25) is 0 Å². The average molecular weight is 220 g/mol. The minimum Gasteiger partial charge on any atom is -0.397 e. The van der Waals surface area contributed by atoms with E-state index in [0.29, 0.717) is 17.8 Å². The molecule has 84 valence electrons. The number of rotatable bonds is 3. The molecule has 1 aromatic heterocycles. The molecule has 0 spiro atoms. The first-order chi connectivity index (χ1) is 7.66. The van der Waals surface area contributed by atoms with E-state index >= 15 is 0 Å². The van der Waals surface area contributed by atoms with Gasteiger partial charge in [0.25, 0.3) is 0 Å². The van der Waals surface area contributed by atoms with Crippen LogP contribution >= 0.6 is 0 Å². The van der Waals surface area contributed by atoms with Crippen molar-refractivity contribution in [3.8, 4) is 0 Å². The maximum absolute atomic E-state index is 13.1. The maximum atomic E-state index is 13.1. The van der Waals surface area contributed by atoms with Crippen LogP contribution in [0, 0.1) is 12.7 Å². The van der Waals surface area contributed by atoms with Crippen LogP contribution in [0.2, 0.25) is 0 Å². The van der Waals surface area contributed by atoms with Crippen LogP contribution in [-0.2, 0) is 6.54 Å². The van der Waals surface area contributed by atoms with Crippen molar-refractivity contribution in [3.63, 3.8) is 0 Å². The van der Waals surface area contributed by atoms with Crippen LogP contribution in [0.4, 0.5) is 15.8 Å². The average Bonchev–Trinajstić information content (AvgIpc) is 2.74. The van der Waals surface area contributed by atoms with E-state index in [1.54, 1.807) is 25.4 Å². The van der Waals surface area contributed by atoms with Gasteiger partial charge in [0.15, 0.2) is 0 Å². The number of anilines is 2. The third-order valence-corrected chi connectivity index (χ3v) is 2.33. The van der Waals surface area contributed by atoms with Gasteiger partial charge >= 0.3 is 0 Å². The van der Waals surface area contributed by atoms with Crippen molar-refractivity contribution in [3.05, 3.63) is 41.7 Å². The van der Waals surface area contributed by atoms with Gasteiger partial charge in [0.2, 0.25) is 0 Å². The lowest BCUT2D eigenvalue weighted by Crippen LogP contribution is -2.04. The Bertz CT molecular complexity index is 479. The standard InChI is InChI=1S/C11H13FN4/c1-7-4-10(9(13)5-8(7)12)16-6-11-14-2-3-15-11/h2-5,16H,6,13H2,1H3,(H,14,15). The summed E-state index contributed by atoms with van der Waals surface area (Å²) in [7, 11) is 0. The second-order valence-electron chi connectivity index (χ2n) is 3.58. The number of H-pyrrole nitrogens is 1. The molecule has 0 unspecified atom stereocenters. The Balaban J connectivity index is 2.12. The summed E-state index contributed by atoms with van der Waals surface area (Å²) in [5.41, 5.74) is 7.38. The SMILES string of the molecule is Cc1cc(NCc2ncc[nH]2)c(N)cc1F. The molecule has 4 nitrogen and oxygen atoms in total. The van der Waals surface area contributed by atoms with Crippen molar-refractivity contribution in [2.75, 3.05) is 11.1 Å². The molecule has 1 aromatic carbocycles. The van der Waals surface area contributed by atoms with Crippen LogP contribution in [0.15, 0.2) is 24.5 Å². The van der Waals surface area contributed by atoms with E-state index in [2.05, 4.69) is 15.3 Å². The molecule has 0 bridgehead atoms. The number of benzene rings is 1. The monoisotopic (exact) mass is 220 g/mol. The summed E-state index contributed by atoms with van der Waals surface area (Å²) in [6.45, 7) is 2.23. The Morgan fingerprint density at radius 2 is 2.31 bits per heavy atom. The molecule has 0 atom stereocenters. The molecule has 0 aliphatic rings. The zero-order valence-electron chi connectivity index (χ0n) is 8.92. The zero-order chi connectivity index (χ0) is 11.5. The van der Waals surface area contributed by atoms with E-state index in [-0.39, 0.29) is 5.82 Å². The first-order valence-corrected chi connectivity index (χ1v) is 4.94. The van der Waals surface area contributed by atoms with Crippen LogP contribution in [-0.4, -0.2) is 9.97 Å². The van der Waals surface area contributed by atoms with Gasteiger partial charge in [-0.2, -0.15) is 0 Å². The number of imidazole rings is 1. The quantitative estimate of drug-likeness (QED) is 0.693. The lowest BCUT2D eigenvalue weighted by Gasteiger charge is -2.09. The van der Waals surface area contributed by atoms with E-state index in [4.69, 9.17) is 5.73 Å². The summed E-state index contributed by atoms with van der Waals surface area (Å²) in [5.74, 6) is 0.516. The fourth-order valence-corrected chi connectivity index (χ4v) is 1.42. The number of halogens is 1. The molecule has 0 saturated carbocycles. The van der Waals surface area contributed by atoms with E-state index < -0.39 is 0 Å². The molecule has 0 aliphatic carbocycles. The highest BCUT2D eigenvalue weighted by atomic mass is 19.1. The summed E-state index contributed by atoms with van der Waals surface area (Å²) in [4.78, 5) is 7.03. The number of hydrogen-bond acceptors (Lipinski definition) is 3. The van der Waals surface area contributed by atoms with Gasteiger partial charge in [0.1, 0.15) is 11.6 Å². The van der Waals surface area contributed by atoms with Crippen molar-refractivity contribution < 1.29 is 4.39 Å². The smallest absolute Gasteiger partial charge is 0.128 e. The molecule has 2 rings (SSSR count). The molecular weight excluding hydrogens is 207 g/mol. The van der Waals surface area contributed by atoms with Gasteiger partial charge in [-0.1, -0.05) is 0 Å². The molecule has 16 heavy (non-hydrogen) atoms. The molecule has 4 N–H and O–H groups in total. The Morgan fingerprint density at radius 3 is 3.00 bits per heavy atom. The lowest BCUT2D eigenvalue weighted by molar-refractivity contribution is 0.619. The molecular formula is C11H13FN4. The number of nitrogens with zero attached hydrogens (tertiary/aromatic N) is 1. The predicted octanol–water partition coefficient (Wildman–Crippen LogP) is 2.05. The summed E-state index contributed by atoms with van der Waals surface area (Å²) >= 11 is 0. The molecule has 5 heteroatoms. The second-order valence-corrected chi connectivity index (χ2v) is 3.58. The van der Waals surface area contributed by atoms with Crippen LogP contribution < -0.4 is 11.1 Å². The summed E-state index contributed by atoms with van der Waals surface area (Å²) in [5, 5.41) is 3.10. The largest absolute Gasteiger partial charge is 0.397 e. The van der Waals surface area contributed by atoms with Crippen molar-refractivity contribution in [2.24, 2.45) is 0 Å². The zero-order valence-corrected chi connectivity index (χ0v) is 8.92. The first-order valence-electron chi connectivity index (χ1n) is 4.94. The highest BCUT2D eigenvalue weighted by Gasteiger charge is 2.04. The van der Waals surface area contributed by atoms with Gasteiger partial charge in [0, 0.05) is 12.4 Å². The molecule has 0 radical (unpaired) electrons. The van der Waals surface area contributed by atoms with Gasteiger partial charge in [0.05, 0.1) is 17.9 Å². The second kappa shape index (κ2) is 4.22. The number of aromatic nitrogens is 2. The lowest BCUT2D eigenvalue weighted by atomic mass is 10.2. The Kier molecular flexibility index (Phi) is 2.76. The minimum absolute atomic E-state index is 0.291. The fraction of sp³-hybridized carbons (Fsp3) is 0.182. The summed E-state index contributed by atoms with van der Waals surface area (Å²) < 4.78 is 13.1. The third-order valence-electron chi connectivity index (χ3n) is 2.33. The number of hydrogen-bond donors (Lipinski definition) is 3. The highest BCUT2D eigenvalue weighted by molar-refractivity contribution is 5.67. The fourth-order valence-electron chi connectivity index (χ4n) is 1.42. The molecule has 0 aliphatic heterocycles. The van der Waals surface area contributed by atoms with Crippen molar-refractivity contribution in [1.82, 2.24) is 9.97 Å². The van der Waals surface area contributed by atoms with Gasteiger partial charge in [-0.05, 0) is 24.6 Å². The van der Waals surface area contributed by atoms with Crippen LogP contribution in [0.1, 0.15) is 11.4 Å². The third kappa shape index (κ3) is 2.13. The molecule has 0 fully saturated rings. The number of nitrogens with two attached hydrogens (primary N) is 1. The van der Waals surface area contributed by atoms with Crippen molar-refractivity contribution >= 4 is 11.4 Å². The number of aryl methyl sites for hydroxylation is 1. The Morgan fingerprint density at radius 1 is 1.50 bits per heavy atom. The molecule has 0 saturated heterocycles. The molecule has 1 heterocycles. The van der Waals surface area contributed by atoms with E-state index in [0.717, 1.165) is 11.5 Å². The number of nitrogen functional groups attached to an aromatic ring is 1. The number of aromatic amines is 1. The van der Waals surface area contributed by atoms with Gasteiger partial charge < -0.3 is 16.0 Å². The normalized spacial score (nSPS) is 10.4. The van der Waals surface area contributed by atoms with E-state index in [1.165, 1.54) is 6.07 Å². The van der Waals surface area contributed by atoms with Gasteiger partial charge in [-0.25, -0.2) is 9.37 Å². The highest BCUT2D eigenvalue weighted by Crippen LogP contribution is 2.22. The molecule has 2 aromatic rings. The summed E-state index contributed by atoms with van der Waals surface area (Å²) in [6, 6.07) is 3.01. The number of nitrogens with one attached hydrogen (secondary N) is 2. The minimum atomic E-state index is -0.291. The Hall–Kier alpha value is -2.04.